The monoisotopic (exact) mass is 229 g/mol. The Hall–Kier alpha value is -0.870. The first-order valence-corrected chi connectivity index (χ1v) is 5.42. The van der Waals surface area contributed by atoms with Gasteiger partial charge < -0.3 is 10.6 Å². The number of halogens is 2. The average Bonchev–Trinajstić information content (AvgIpc) is 2.24. The van der Waals surface area contributed by atoms with Crippen LogP contribution >= 0.6 is 11.6 Å². The van der Waals surface area contributed by atoms with Crippen LogP contribution in [0.5, 0.6) is 0 Å². The number of pyridine rings is 1. The molecule has 2 rings (SSSR count). The number of aromatic nitrogens is 1. The topological polar surface area (TPSA) is 37.0 Å². The smallest absolute Gasteiger partial charge is 0.166 e. The van der Waals surface area contributed by atoms with Gasteiger partial charge >= 0.3 is 0 Å². The van der Waals surface area contributed by atoms with Crippen LogP contribution in [0.4, 0.5) is 10.2 Å². The van der Waals surface area contributed by atoms with Crippen LogP contribution in [0, 0.1) is 5.82 Å². The summed E-state index contributed by atoms with van der Waals surface area (Å²) >= 11 is 5.62. The summed E-state index contributed by atoms with van der Waals surface area (Å²) in [5.74, 6) is -0.0904. The largest absolute Gasteiger partial charge is 0.365 e. The van der Waals surface area contributed by atoms with Gasteiger partial charge in [0.1, 0.15) is 0 Å². The minimum absolute atomic E-state index is 0.298. The summed E-state index contributed by atoms with van der Waals surface area (Å²) in [5.41, 5.74) is 0. The average molecular weight is 230 g/mol. The lowest BCUT2D eigenvalue weighted by molar-refractivity contribution is 0.475. The fraction of sp³-hybridized carbons (Fsp3) is 0.500. The van der Waals surface area contributed by atoms with E-state index < -0.39 is 0 Å². The van der Waals surface area contributed by atoms with Crippen molar-refractivity contribution in [3.63, 3.8) is 0 Å². The van der Waals surface area contributed by atoms with E-state index in [2.05, 4.69) is 15.6 Å². The van der Waals surface area contributed by atoms with E-state index in [4.69, 9.17) is 11.6 Å². The molecule has 3 nitrogen and oxygen atoms in total. The van der Waals surface area contributed by atoms with E-state index in [9.17, 15) is 4.39 Å². The van der Waals surface area contributed by atoms with Gasteiger partial charge in [0.15, 0.2) is 11.6 Å². The fourth-order valence-electron chi connectivity index (χ4n) is 1.68. The second-order valence-corrected chi connectivity index (χ2v) is 4.09. The van der Waals surface area contributed by atoms with Crippen LogP contribution in [-0.4, -0.2) is 24.1 Å². The molecule has 1 fully saturated rings. The van der Waals surface area contributed by atoms with Crippen LogP contribution in [0.15, 0.2) is 12.3 Å². The zero-order valence-corrected chi connectivity index (χ0v) is 9.02. The third-order valence-corrected chi connectivity index (χ3v) is 2.69. The highest BCUT2D eigenvalue weighted by Crippen LogP contribution is 2.18. The minimum Gasteiger partial charge on any atom is -0.365 e. The highest BCUT2D eigenvalue weighted by atomic mass is 35.5. The number of hydrogen-bond donors (Lipinski definition) is 2. The summed E-state index contributed by atoms with van der Waals surface area (Å²) in [6.07, 6.45) is 3.43. The Bertz CT molecular complexity index is 339. The van der Waals surface area contributed by atoms with Gasteiger partial charge in [-0.25, -0.2) is 9.37 Å². The van der Waals surface area contributed by atoms with E-state index in [1.165, 1.54) is 12.3 Å². The lowest BCUT2D eigenvalue weighted by Gasteiger charge is -2.24. The fourth-order valence-corrected chi connectivity index (χ4v) is 1.82. The van der Waals surface area contributed by atoms with E-state index in [1.54, 1.807) is 0 Å². The second kappa shape index (κ2) is 4.77. The van der Waals surface area contributed by atoms with Gasteiger partial charge in [-0.3, -0.25) is 0 Å². The third kappa shape index (κ3) is 2.79. The summed E-state index contributed by atoms with van der Waals surface area (Å²) in [4.78, 5) is 3.93. The van der Waals surface area contributed by atoms with Crippen molar-refractivity contribution in [2.75, 3.05) is 18.4 Å². The summed E-state index contributed by atoms with van der Waals surface area (Å²) in [6, 6.07) is 1.58. The lowest BCUT2D eigenvalue weighted by atomic mass is 10.1. The van der Waals surface area contributed by atoms with Gasteiger partial charge in [0.2, 0.25) is 0 Å². The van der Waals surface area contributed by atoms with Crippen molar-refractivity contribution in [2.24, 2.45) is 0 Å². The molecule has 2 heterocycles. The molecule has 0 saturated carbocycles. The van der Waals surface area contributed by atoms with Crippen LogP contribution in [-0.2, 0) is 0 Å². The summed E-state index contributed by atoms with van der Waals surface area (Å²) in [6.45, 7) is 1.93. The quantitative estimate of drug-likeness (QED) is 0.815. The van der Waals surface area contributed by atoms with Crippen LogP contribution in [0.2, 0.25) is 5.02 Å². The normalized spacial score (nSPS) is 17.7. The standard InChI is InChI=1S/C10H13ClFN3/c11-7-5-9(12)10(14-6-7)15-8-1-3-13-4-2-8/h5-6,8,13H,1-4H2,(H,14,15). The zero-order valence-electron chi connectivity index (χ0n) is 8.26. The molecule has 1 saturated heterocycles. The molecule has 1 aliphatic rings. The Balaban J connectivity index is 2.03. The van der Waals surface area contributed by atoms with Crippen molar-refractivity contribution in [3.8, 4) is 0 Å². The predicted octanol–water partition coefficient (Wildman–Crippen LogP) is 2.04. The minimum atomic E-state index is -0.388. The molecule has 15 heavy (non-hydrogen) atoms. The number of anilines is 1. The van der Waals surface area contributed by atoms with Crippen molar-refractivity contribution >= 4 is 17.4 Å². The van der Waals surface area contributed by atoms with E-state index in [0.717, 1.165) is 25.9 Å². The van der Waals surface area contributed by atoms with Gasteiger partial charge in [0.25, 0.3) is 0 Å². The first kappa shape index (κ1) is 10.6. The number of hydrogen-bond acceptors (Lipinski definition) is 3. The van der Waals surface area contributed by atoms with Gasteiger partial charge in [0, 0.05) is 12.2 Å². The molecule has 0 unspecified atom stereocenters. The molecule has 5 heteroatoms. The van der Waals surface area contributed by atoms with Crippen molar-refractivity contribution < 1.29 is 4.39 Å². The maximum atomic E-state index is 13.4. The SMILES string of the molecule is Fc1cc(Cl)cnc1NC1CCNCC1. The second-order valence-electron chi connectivity index (χ2n) is 3.65. The zero-order chi connectivity index (χ0) is 10.7. The molecule has 0 radical (unpaired) electrons. The number of rotatable bonds is 2. The molecule has 0 atom stereocenters. The third-order valence-electron chi connectivity index (χ3n) is 2.49. The molecular formula is C10H13ClFN3. The van der Waals surface area contributed by atoms with Gasteiger partial charge in [-0.15, -0.1) is 0 Å². The Morgan fingerprint density at radius 2 is 2.20 bits per heavy atom. The molecule has 82 valence electrons. The van der Waals surface area contributed by atoms with Gasteiger partial charge in [-0.2, -0.15) is 0 Å². The maximum absolute atomic E-state index is 13.4. The van der Waals surface area contributed by atoms with Crippen LogP contribution in [0.1, 0.15) is 12.8 Å². The Kier molecular flexibility index (Phi) is 3.38. The van der Waals surface area contributed by atoms with Crippen molar-refractivity contribution in [1.82, 2.24) is 10.3 Å². The van der Waals surface area contributed by atoms with Crippen LogP contribution in [0.3, 0.4) is 0 Å². The van der Waals surface area contributed by atoms with Crippen LogP contribution in [0.25, 0.3) is 0 Å². The molecule has 0 spiro atoms. The Morgan fingerprint density at radius 3 is 2.87 bits per heavy atom. The molecule has 1 aliphatic heterocycles. The highest BCUT2D eigenvalue weighted by molar-refractivity contribution is 6.30. The first-order chi connectivity index (χ1) is 7.25. The summed E-state index contributed by atoms with van der Waals surface area (Å²) in [5, 5.41) is 6.66. The van der Waals surface area contributed by atoms with Gasteiger partial charge in [-0.05, 0) is 32.0 Å². The van der Waals surface area contributed by atoms with E-state index in [1.807, 2.05) is 0 Å². The molecule has 0 aromatic carbocycles. The predicted molar refractivity (Wildman–Crippen MR) is 58.7 cm³/mol. The first-order valence-electron chi connectivity index (χ1n) is 5.04. The molecule has 0 aliphatic carbocycles. The van der Waals surface area contributed by atoms with Gasteiger partial charge in [-0.1, -0.05) is 11.6 Å². The number of nitrogens with zero attached hydrogens (tertiary/aromatic N) is 1. The van der Waals surface area contributed by atoms with E-state index in [-0.39, 0.29) is 5.82 Å². The lowest BCUT2D eigenvalue weighted by Crippen LogP contribution is -2.35. The summed E-state index contributed by atoms with van der Waals surface area (Å²) < 4.78 is 13.4. The van der Waals surface area contributed by atoms with Gasteiger partial charge in [0.05, 0.1) is 5.02 Å². The molecule has 1 aromatic rings. The molecule has 0 bridgehead atoms. The number of nitrogens with one attached hydrogen (secondary N) is 2. The van der Waals surface area contributed by atoms with Crippen molar-refractivity contribution in [1.29, 1.82) is 0 Å². The molecule has 0 amide bonds. The Morgan fingerprint density at radius 1 is 1.47 bits per heavy atom. The number of piperidine rings is 1. The highest BCUT2D eigenvalue weighted by Gasteiger charge is 2.14. The van der Waals surface area contributed by atoms with Crippen molar-refractivity contribution in [3.05, 3.63) is 23.1 Å². The summed E-state index contributed by atoms with van der Waals surface area (Å²) in [7, 11) is 0. The molecular weight excluding hydrogens is 217 g/mol. The Labute approximate surface area is 93.0 Å². The van der Waals surface area contributed by atoms with Crippen LogP contribution < -0.4 is 10.6 Å². The molecule has 2 N–H and O–H groups in total. The van der Waals surface area contributed by atoms with E-state index >= 15 is 0 Å². The van der Waals surface area contributed by atoms with E-state index in [0.29, 0.717) is 16.9 Å². The molecule has 1 aromatic heterocycles. The maximum Gasteiger partial charge on any atom is 0.166 e. The van der Waals surface area contributed by atoms with Crippen molar-refractivity contribution in [2.45, 2.75) is 18.9 Å².